The maximum absolute atomic E-state index is 13.3. The first-order valence-electron chi connectivity index (χ1n) is 9.58. The van der Waals surface area contributed by atoms with E-state index >= 15 is 0 Å². The van der Waals surface area contributed by atoms with E-state index in [0.29, 0.717) is 5.56 Å². The second kappa shape index (κ2) is 7.02. The summed E-state index contributed by atoms with van der Waals surface area (Å²) in [5.74, 6) is -0.0657. The van der Waals surface area contributed by atoms with Crippen LogP contribution in [0.1, 0.15) is 68.1 Å². The van der Waals surface area contributed by atoms with Gasteiger partial charge in [0.05, 0.1) is 5.56 Å². The monoisotopic (exact) mass is 358 g/mol. The molecular weight excluding hydrogens is 332 g/mol. The van der Waals surface area contributed by atoms with Crippen molar-refractivity contribution in [2.45, 2.75) is 79.5 Å². The van der Waals surface area contributed by atoms with E-state index in [0.717, 1.165) is 43.4 Å². The lowest BCUT2D eigenvalue weighted by molar-refractivity contribution is -0.129. The molecular formula is C20H26N2O2S. The number of fused-ring (bicyclic) bond motifs is 2. The lowest BCUT2D eigenvalue weighted by Gasteiger charge is -2.42. The van der Waals surface area contributed by atoms with E-state index in [1.807, 2.05) is 24.3 Å². The average molecular weight is 359 g/mol. The Labute approximate surface area is 153 Å². The number of benzene rings is 1. The summed E-state index contributed by atoms with van der Waals surface area (Å²) in [6.07, 6.45) is 9.59. The highest BCUT2D eigenvalue weighted by Crippen LogP contribution is 2.44. The molecule has 1 heterocycles. The van der Waals surface area contributed by atoms with E-state index in [1.54, 1.807) is 11.8 Å². The summed E-state index contributed by atoms with van der Waals surface area (Å²) >= 11 is 1.71. The first-order chi connectivity index (χ1) is 12.2. The summed E-state index contributed by atoms with van der Waals surface area (Å²) in [7, 11) is 0. The molecule has 25 heavy (non-hydrogen) atoms. The second-order valence-electron chi connectivity index (χ2n) is 7.58. The SMILES string of the molecule is O=C1N[C@]2(C(=O)NC3CCCCC3)CCCC[C@H]2Sc2ccccc21. The highest BCUT2D eigenvalue weighted by Gasteiger charge is 2.51. The van der Waals surface area contributed by atoms with Gasteiger partial charge in [-0.25, -0.2) is 0 Å². The zero-order valence-corrected chi connectivity index (χ0v) is 15.4. The van der Waals surface area contributed by atoms with Crippen LogP contribution >= 0.6 is 11.8 Å². The fourth-order valence-corrected chi connectivity index (χ4v) is 6.02. The Balaban J connectivity index is 1.63. The molecule has 1 aromatic carbocycles. The Morgan fingerprint density at radius 3 is 2.68 bits per heavy atom. The van der Waals surface area contributed by atoms with Gasteiger partial charge in [0.25, 0.3) is 5.91 Å². The zero-order chi connectivity index (χ0) is 17.3. The Bertz CT molecular complexity index is 671. The zero-order valence-electron chi connectivity index (χ0n) is 14.6. The Morgan fingerprint density at radius 1 is 1.08 bits per heavy atom. The molecule has 4 nitrogen and oxygen atoms in total. The normalized spacial score (nSPS) is 29.8. The molecule has 0 bridgehead atoms. The van der Waals surface area contributed by atoms with Gasteiger partial charge in [0.15, 0.2) is 0 Å². The maximum Gasteiger partial charge on any atom is 0.253 e. The third-order valence-corrected chi connectivity index (χ3v) is 7.45. The summed E-state index contributed by atoms with van der Waals surface area (Å²) in [5, 5.41) is 6.56. The van der Waals surface area contributed by atoms with E-state index in [9.17, 15) is 9.59 Å². The average Bonchev–Trinajstić information content (AvgIpc) is 2.77. The third-order valence-electron chi connectivity index (χ3n) is 5.92. The van der Waals surface area contributed by atoms with Crippen LogP contribution in [0.2, 0.25) is 0 Å². The van der Waals surface area contributed by atoms with Crippen LogP contribution in [0.3, 0.4) is 0 Å². The summed E-state index contributed by atoms with van der Waals surface area (Å²) in [4.78, 5) is 27.2. The number of hydrogen-bond acceptors (Lipinski definition) is 3. The van der Waals surface area contributed by atoms with Gasteiger partial charge in [0.2, 0.25) is 5.91 Å². The van der Waals surface area contributed by atoms with Crippen LogP contribution in [0.4, 0.5) is 0 Å². The van der Waals surface area contributed by atoms with E-state index in [4.69, 9.17) is 0 Å². The lowest BCUT2D eigenvalue weighted by Crippen LogP contribution is -2.66. The lowest BCUT2D eigenvalue weighted by atomic mass is 9.79. The molecule has 134 valence electrons. The number of carbonyl (C=O) groups is 2. The van der Waals surface area contributed by atoms with E-state index in [-0.39, 0.29) is 23.1 Å². The van der Waals surface area contributed by atoms with Crippen LogP contribution in [-0.4, -0.2) is 28.6 Å². The van der Waals surface area contributed by atoms with Crippen molar-refractivity contribution in [1.29, 1.82) is 0 Å². The van der Waals surface area contributed by atoms with Gasteiger partial charge in [-0.05, 0) is 37.8 Å². The van der Waals surface area contributed by atoms with Gasteiger partial charge >= 0.3 is 0 Å². The standard InChI is InChI=1S/C20H26N2O2S/c23-18-15-10-4-5-11-16(15)25-17-12-6-7-13-20(17,22-18)19(24)21-14-8-2-1-3-9-14/h4-5,10-11,14,17H,1-3,6-9,12-13H2,(H,21,24)(H,22,23)/t17-,20-/m1/s1. The Kier molecular flexibility index (Phi) is 4.76. The molecule has 2 saturated carbocycles. The predicted molar refractivity (Wildman–Crippen MR) is 99.8 cm³/mol. The van der Waals surface area contributed by atoms with Gasteiger partial charge in [0, 0.05) is 16.2 Å². The highest BCUT2D eigenvalue weighted by atomic mass is 32.2. The molecule has 0 radical (unpaired) electrons. The summed E-state index contributed by atoms with van der Waals surface area (Å²) in [5.41, 5.74) is -0.0667. The summed E-state index contributed by atoms with van der Waals surface area (Å²) in [6, 6.07) is 8.00. The molecule has 2 fully saturated rings. The second-order valence-corrected chi connectivity index (χ2v) is 8.83. The number of rotatable bonds is 2. The van der Waals surface area contributed by atoms with E-state index < -0.39 is 5.54 Å². The van der Waals surface area contributed by atoms with Gasteiger partial charge in [-0.1, -0.05) is 44.2 Å². The predicted octanol–water partition coefficient (Wildman–Crippen LogP) is 3.65. The van der Waals surface area contributed by atoms with Gasteiger partial charge in [-0.3, -0.25) is 9.59 Å². The number of nitrogens with one attached hydrogen (secondary N) is 2. The molecule has 2 amide bonds. The summed E-state index contributed by atoms with van der Waals surface area (Å²) < 4.78 is 0. The molecule has 0 spiro atoms. The van der Waals surface area contributed by atoms with Crippen LogP contribution in [-0.2, 0) is 4.79 Å². The largest absolute Gasteiger partial charge is 0.351 e. The molecule has 0 aromatic heterocycles. The van der Waals surface area contributed by atoms with Crippen LogP contribution < -0.4 is 10.6 Å². The Hall–Kier alpha value is -1.49. The molecule has 5 heteroatoms. The molecule has 0 saturated heterocycles. The highest BCUT2D eigenvalue weighted by molar-refractivity contribution is 8.00. The molecule has 1 aliphatic heterocycles. The third kappa shape index (κ3) is 3.19. The van der Waals surface area contributed by atoms with Crippen molar-refractivity contribution in [2.24, 2.45) is 0 Å². The van der Waals surface area contributed by atoms with Crippen molar-refractivity contribution in [3.8, 4) is 0 Å². The van der Waals surface area contributed by atoms with Gasteiger partial charge in [-0.2, -0.15) is 0 Å². The molecule has 2 atom stereocenters. The van der Waals surface area contributed by atoms with Crippen molar-refractivity contribution < 1.29 is 9.59 Å². The molecule has 2 aliphatic carbocycles. The first kappa shape index (κ1) is 17.0. The van der Waals surface area contributed by atoms with Crippen LogP contribution in [0, 0.1) is 0 Å². The molecule has 0 unspecified atom stereocenters. The molecule has 1 aromatic rings. The molecule has 3 aliphatic rings. The van der Waals surface area contributed by atoms with Crippen molar-refractivity contribution in [3.63, 3.8) is 0 Å². The summed E-state index contributed by atoms with van der Waals surface area (Å²) in [6.45, 7) is 0. The van der Waals surface area contributed by atoms with Crippen molar-refractivity contribution >= 4 is 23.6 Å². The van der Waals surface area contributed by atoms with E-state index in [1.165, 1.54) is 19.3 Å². The smallest absolute Gasteiger partial charge is 0.253 e. The minimum Gasteiger partial charge on any atom is -0.351 e. The topological polar surface area (TPSA) is 58.2 Å². The maximum atomic E-state index is 13.3. The number of hydrogen-bond donors (Lipinski definition) is 2. The fraction of sp³-hybridized carbons (Fsp3) is 0.600. The molecule has 4 rings (SSSR count). The molecule has 2 N–H and O–H groups in total. The van der Waals surface area contributed by atoms with Crippen molar-refractivity contribution in [1.82, 2.24) is 10.6 Å². The minimum atomic E-state index is -0.767. The van der Waals surface area contributed by atoms with Crippen molar-refractivity contribution in [2.75, 3.05) is 0 Å². The minimum absolute atomic E-state index is 0.0396. The van der Waals surface area contributed by atoms with E-state index in [2.05, 4.69) is 10.6 Å². The van der Waals surface area contributed by atoms with Crippen molar-refractivity contribution in [3.05, 3.63) is 29.8 Å². The number of carbonyl (C=O) groups excluding carboxylic acids is 2. The quantitative estimate of drug-likeness (QED) is 0.848. The van der Waals surface area contributed by atoms with Crippen LogP contribution in [0.25, 0.3) is 0 Å². The Morgan fingerprint density at radius 2 is 1.84 bits per heavy atom. The van der Waals surface area contributed by atoms with Gasteiger partial charge in [-0.15, -0.1) is 11.8 Å². The van der Waals surface area contributed by atoms with Crippen LogP contribution in [0.5, 0.6) is 0 Å². The first-order valence-corrected chi connectivity index (χ1v) is 10.5. The fourth-order valence-electron chi connectivity index (χ4n) is 4.50. The number of thioether (sulfide) groups is 1. The van der Waals surface area contributed by atoms with Gasteiger partial charge < -0.3 is 10.6 Å². The van der Waals surface area contributed by atoms with Gasteiger partial charge in [0.1, 0.15) is 5.54 Å². The number of amides is 2. The van der Waals surface area contributed by atoms with Crippen LogP contribution in [0.15, 0.2) is 29.2 Å².